The molecular formula is C9H16O4. The fourth-order valence-corrected chi connectivity index (χ4v) is 1.33. The zero-order chi connectivity index (χ0) is 9.90. The van der Waals surface area contributed by atoms with E-state index in [1.54, 1.807) is 19.3 Å². The van der Waals surface area contributed by atoms with Gasteiger partial charge in [-0.2, -0.15) is 0 Å². The first-order chi connectivity index (χ1) is 6.18. The summed E-state index contributed by atoms with van der Waals surface area (Å²) in [6.45, 7) is 1.86. The first-order valence-electron chi connectivity index (χ1n) is 4.31. The molecule has 0 aliphatic carbocycles. The van der Waals surface area contributed by atoms with Gasteiger partial charge in [-0.05, 0) is 18.6 Å². The van der Waals surface area contributed by atoms with Crippen LogP contribution in [0, 0.1) is 0 Å². The van der Waals surface area contributed by atoms with Gasteiger partial charge in [0.1, 0.15) is 6.10 Å². The quantitative estimate of drug-likeness (QED) is 0.658. The molecule has 3 unspecified atom stereocenters. The maximum Gasteiger partial charge on any atom is 0.217 e. The summed E-state index contributed by atoms with van der Waals surface area (Å²) in [7, 11) is 3.04. The third-order valence-electron chi connectivity index (χ3n) is 2.19. The summed E-state index contributed by atoms with van der Waals surface area (Å²) in [6.07, 6.45) is 2.88. The van der Waals surface area contributed by atoms with Crippen LogP contribution in [0.5, 0.6) is 0 Å². The summed E-state index contributed by atoms with van der Waals surface area (Å²) in [6, 6.07) is 0. The van der Waals surface area contributed by atoms with Crippen molar-refractivity contribution in [3.63, 3.8) is 0 Å². The van der Waals surface area contributed by atoms with Crippen molar-refractivity contribution in [2.75, 3.05) is 14.2 Å². The van der Waals surface area contributed by atoms with Crippen LogP contribution in [0.4, 0.5) is 0 Å². The Bertz CT molecular complexity index is 192. The minimum absolute atomic E-state index is 0.429. The lowest BCUT2D eigenvalue weighted by molar-refractivity contribution is -0.279. The molecule has 0 aromatic carbocycles. The van der Waals surface area contributed by atoms with E-state index in [9.17, 15) is 5.11 Å². The third-order valence-corrected chi connectivity index (χ3v) is 2.19. The van der Waals surface area contributed by atoms with Crippen molar-refractivity contribution in [3.8, 4) is 0 Å². The van der Waals surface area contributed by atoms with E-state index < -0.39 is 18.2 Å². The number of methoxy groups -OCH3 is 2. The number of aliphatic hydroxyl groups excluding tert-OH is 1. The van der Waals surface area contributed by atoms with Crippen LogP contribution < -0.4 is 0 Å². The van der Waals surface area contributed by atoms with Gasteiger partial charge in [0.2, 0.25) is 5.79 Å². The van der Waals surface area contributed by atoms with Gasteiger partial charge in [0, 0.05) is 14.2 Å². The van der Waals surface area contributed by atoms with Crippen LogP contribution in [0.25, 0.3) is 0 Å². The molecule has 0 spiro atoms. The Morgan fingerprint density at radius 2 is 2.31 bits per heavy atom. The van der Waals surface area contributed by atoms with Crippen LogP contribution in [0.1, 0.15) is 13.3 Å². The molecule has 0 radical (unpaired) electrons. The van der Waals surface area contributed by atoms with Crippen molar-refractivity contribution < 1.29 is 19.3 Å². The Kier molecular flexibility index (Phi) is 3.44. The average Bonchev–Trinajstić information content (AvgIpc) is 2.61. The van der Waals surface area contributed by atoms with E-state index in [-0.39, 0.29) is 0 Å². The lowest BCUT2D eigenvalue weighted by Crippen LogP contribution is -2.44. The van der Waals surface area contributed by atoms with Crippen molar-refractivity contribution in [3.05, 3.63) is 12.2 Å². The van der Waals surface area contributed by atoms with Crippen LogP contribution >= 0.6 is 0 Å². The summed E-state index contributed by atoms with van der Waals surface area (Å²) in [5.74, 6) is -1.03. The predicted octanol–water partition coefficient (Wildman–Crippen LogP) is 0.659. The van der Waals surface area contributed by atoms with Crippen molar-refractivity contribution in [2.24, 2.45) is 0 Å². The van der Waals surface area contributed by atoms with Crippen LogP contribution in [-0.2, 0) is 14.2 Å². The van der Waals surface area contributed by atoms with Crippen LogP contribution in [0.15, 0.2) is 12.2 Å². The molecule has 0 fully saturated rings. The first-order valence-corrected chi connectivity index (χ1v) is 4.31. The normalized spacial score (nSPS) is 35.2. The number of ether oxygens (including phenoxy) is 3. The molecule has 1 rings (SSSR count). The molecule has 1 heterocycles. The largest absolute Gasteiger partial charge is 0.387 e. The summed E-state index contributed by atoms with van der Waals surface area (Å²) >= 11 is 0. The average molecular weight is 188 g/mol. The molecule has 3 atom stereocenters. The van der Waals surface area contributed by atoms with Crippen LogP contribution in [-0.4, -0.2) is 37.5 Å². The molecular weight excluding hydrogens is 172 g/mol. The van der Waals surface area contributed by atoms with Crippen LogP contribution in [0.3, 0.4) is 0 Å². The topological polar surface area (TPSA) is 47.9 Å². The highest BCUT2D eigenvalue weighted by Crippen LogP contribution is 2.29. The molecule has 0 aromatic heterocycles. The molecule has 0 saturated carbocycles. The second-order valence-corrected chi connectivity index (χ2v) is 2.93. The Balaban J connectivity index is 2.69. The fourth-order valence-electron chi connectivity index (χ4n) is 1.33. The highest BCUT2D eigenvalue weighted by atomic mass is 16.8. The Labute approximate surface area is 78.1 Å². The summed E-state index contributed by atoms with van der Waals surface area (Å²) in [4.78, 5) is 0. The molecule has 1 N–H and O–H groups in total. The first kappa shape index (κ1) is 10.7. The third kappa shape index (κ3) is 1.91. The molecule has 1 aliphatic rings. The van der Waals surface area contributed by atoms with E-state index in [1.807, 2.05) is 6.92 Å². The Morgan fingerprint density at radius 3 is 2.69 bits per heavy atom. The van der Waals surface area contributed by atoms with Gasteiger partial charge in [-0.3, -0.25) is 0 Å². The van der Waals surface area contributed by atoms with Gasteiger partial charge in [0.25, 0.3) is 0 Å². The standard InChI is InChI=1S/C9H16O4/c1-4-7(10)9(12-3)6-5-8(11-2)13-9/h5-8,10H,4H2,1-3H3. The molecule has 1 aliphatic heterocycles. The van der Waals surface area contributed by atoms with E-state index in [1.165, 1.54) is 7.11 Å². The molecule has 0 saturated heterocycles. The molecule has 0 aromatic rings. The van der Waals surface area contributed by atoms with E-state index in [4.69, 9.17) is 14.2 Å². The molecule has 13 heavy (non-hydrogen) atoms. The summed E-state index contributed by atoms with van der Waals surface area (Å²) in [5.41, 5.74) is 0. The maximum absolute atomic E-state index is 9.66. The SMILES string of the molecule is CCC(O)C1(OC)C=CC(OC)O1. The van der Waals surface area contributed by atoms with Crippen molar-refractivity contribution in [1.29, 1.82) is 0 Å². The van der Waals surface area contributed by atoms with Gasteiger partial charge in [0.05, 0.1) is 0 Å². The van der Waals surface area contributed by atoms with Gasteiger partial charge >= 0.3 is 0 Å². The molecule has 76 valence electrons. The highest BCUT2D eigenvalue weighted by Gasteiger charge is 2.41. The van der Waals surface area contributed by atoms with Crippen molar-refractivity contribution in [1.82, 2.24) is 0 Å². The minimum atomic E-state index is -1.03. The number of hydrogen-bond donors (Lipinski definition) is 1. The van der Waals surface area contributed by atoms with Crippen LogP contribution in [0.2, 0.25) is 0 Å². The number of rotatable bonds is 4. The lowest BCUT2D eigenvalue weighted by Gasteiger charge is -2.30. The highest BCUT2D eigenvalue weighted by molar-refractivity contribution is 5.07. The summed E-state index contributed by atoms with van der Waals surface area (Å²) in [5, 5.41) is 9.66. The number of aliphatic hydroxyl groups is 1. The maximum atomic E-state index is 9.66. The van der Waals surface area contributed by atoms with E-state index in [0.29, 0.717) is 6.42 Å². The molecule has 0 amide bonds. The molecule has 0 bridgehead atoms. The zero-order valence-corrected chi connectivity index (χ0v) is 8.19. The Hall–Kier alpha value is -0.420. The fraction of sp³-hybridized carbons (Fsp3) is 0.778. The number of hydrogen-bond acceptors (Lipinski definition) is 4. The molecule has 4 heteroatoms. The van der Waals surface area contributed by atoms with Gasteiger partial charge < -0.3 is 19.3 Å². The second kappa shape index (κ2) is 4.19. The van der Waals surface area contributed by atoms with Gasteiger partial charge in [-0.25, -0.2) is 0 Å². The Morgan fingerprint density at radius 1 is 1.62 bits per heavy atom. The van der Waals surface area contributed by atoms with Gasteiger partial charge in [-0.1, -0.05) is 6.92 Å². The lowest BCUT2D eigenvalue weighted by atomic mass is 10.1. The van der Waals surface area contributed by atoms with Gasteiger partial charge in [0.15, 0.2) is 6.29 Å². The predicted molar refractivity (Wildman–Crippen MR) is 47.1 cm³/mol. The van der Waals surface area contributed by atoms with Crippen molar-refractivity contribution >= 4 is 0 Å². The van der Waals surface area contributed by atoms with E-state index >= 15 is 0 Å². The van der Waals surface area contributed by atoms with E-state index in [0.717, 1.165) is 0 Å². The smallest absolute Gasteiger partial charge is 0.217 e. The van der Waals surface area contributed by atoms with Crippen molar-refractivity contribution in [2.45, 2.75) is 31.5 Å². The van der Waals surface area contributed by atoms with E-state index in [2.05, 4.69) is 0 Å². The van der Waals surface area contributed by atoms with Gasteiger partial charge in [-0.15, -0.1) is 0 Å². The summed E-state index contributed by atoms with van der Waals surface area (Å²) < 4.78 is 15.5. The monoisotopic (exact) mass is 188 g/mol. The second-order valence-electron chi connectivity index (χ2n) is 2.93. The molecule has 4 nitrogen and oxygen atoms in total. The minimum Gasteiger partial charge on any atom is -0.387 e. The zero-order valence-electron chi connectivity index (χ0n) is 8.19.